The fraction of sp³-hybridized carbons (Fsp3) is 0.133. The van der Waals surface area contributed by atoms with Crippen molar-refractivity contribution < 1.29 is 4.42 Å². The zero-order valence-electron chi connectivity index (χ0n) is 10.2. The molecular formula is C15H14N2O. The second-order valence-electron chi connectivity index (χ2n) is 4.31. The molecule has 3 aromatic rings. The number of aryl methyl sites for hydroxylation is 1. The molecule has 0 amide bonds. The van der Waals surface area contributed by atoms with E-state index in [1.807, 2.05) is 18.3 Å². The van der Waals surface area contributed by atoms with Gasteiger partial charge in [-0.05, 0) is 36.8 Å². The average molecular weight is 238 g/mol. The lowest BCUT2D eigenvalue weighted by Crippen LogP contribution is -1.99. The SMILES string of the molecule is Cc1ccc(NCc2ccoc2)c2cccnc12. The number of hydrogen-bond donors (Lipinski definition) is 1. The number of nitrogens with one attached hydrogen (secondary N) is 1. The standard InChI is InChI=1S/C15H14N2O/c1-11-4-5-14(13-3-2-7-16-15(11)13)17-9-12-6-8-18-10-12/h2-8,10,17H,9H2,1H3. The molecule has 0 aliphatic heterocycles. The van der Waals surface area contributed by atoms with Gasteiger partial charge in [0, 0.05) is 29.4 Å². The molecular weight excluding hydrogens is 224 g/mol. The van der Waals surface area contributed by atoms with Crippen LogP contribution in [0.3, 0.4) is 0 Å². The van der Waals surface area contributed by atoms with Crippen molar-refractivity contribution in [2.24, 2.45) is 0 Å². The highest BCUT2D eigenvalue weighted by Crippen LogP contribution is 2.24. The second-order valence-corrected chi connectivity index (χ2v) is 4.31. The van der Waals surface area contributed by atoms with Crippen molar-refractivity contribution in [3.05, 3.63) is 60.2 Å². The third-order valence-corrected chi connectivity index (χ3v) is 3.03. The molecule has 1 N–H and O–H groups in total. The van der Waals surface area contributed by atoms with E-state index in [9.17, 15) is 0 Å². The Bertz CT molecular complexity index is 659. The molecule has 0 spiro atoms. The van der Waals surface area contributed by atoms with E-state index in [2.05, 4.69) is 35.4 Å². The van der Waals surface area contributed by atoms with Gasteiger partial charge < -0.3 is 9.73 Å². The number of anilines is 1. The van der Waals surface area contributed by atoms with Gasteiger partial charge in [-0.25, -0.2) is 0 Å². The summed E-state index contributed by atoms with van der Waals surface area (Å²) in [7, 11) is 0. The Hall–Kier alpha value is -2.29. The van der Waals surface area contributed by atoms with Gasteiger partial charge in [-0.15, -0.1) is 0 Å². The van der Waals surface area contributed by atoms with E-state index in [4.69, 9.17) is 4.42 Å². The molecule has 0 fully saturated rings. The number of hydrogen-bond acceptors (Lipinski definition) is 3. The second kappa shape index (κ2) is 4.53. The molecule has 0 aliphatic carbocycles. The molecule has 90 valence electrons. The van der Waals surface area contributed by atoms with Crippen LogP contribution in [0.1, 0.15) is 11.1 Å². The van der Waals surface area contributed by atoms with Crippen LogP contribution in [-0.2, 0) is 6.54 Å². The summed E-state index contributed by atoms with van der Waals surface area (Å²) in [6.45, 7) is 2.83. The summed E-state index contributed by atoms with van der Waals surface area (Å²) in [5, 5.41) is 4.57. The lowest BCUT2D eigenvalue weighted by molar-refractivity contribution is 0.564. The van der Waals surface area contributed by atoms with E-state index in [0.717, 1.165) is 28.7 Å². The van der Waals surface area contributed by atoms with Crippen LogP contribution in [0.2, 0.25) is 0 Å². The van der Waals surface area contributed by atoms with E-state index in [1.165, 1.54) is 5.56 Å². The molecule has 0 bridgehead atoms. The Morgan fingerprint density at radius 3 is 3.00 bits per heavy atom. The zero-order valence-corrected chi connectivity index (χ0v) is 10.2. The Morgan fingerprint density at radius 1 is 1.22 bits per heavy atom. The maximum Gasteiger partial charge on any atom is 0.0952 e. The van der Waals surface area contributed by atoms with Crippen molar-refractivity contribution in [2.75, 3.05) is 5.32 Å². The Morgan fingerprint density at radius 2 is 2.17 bits per heavy atom. The fourth-order valence-electron chi connectivity index (χ4n) is 2.06. The van der Waals surface area contributed by atoms with Gasteiger partial charge in [0.15, 0.2) is 0 Å². The van der Waals surface area contributed by atoms with Gasteiger partial charge in [0.2, 0.25) is 0 Å². The van der Waals surface area contributed by atoms with Gasteiger partial charge in [0.25, 0.3) is 0 Å². The van der Waals surface area contributed by atoms with Crippen LogP contribution in [0.15, 0.2) is 53.5 Å². The minimum Gasteiger partial charge on any atom is -0.472 e. The van der Waals surface area contributed by atoms with Crippen molar-refractivity contribution in [2.45, 2.75) is 13.5 Å². The van der Waals surface area contributed by atoms with Crippen molar-refractivity contribution in [3.63, 3.8) is 0 Å². The average Bonchev–Trinajstić information content (AvgIpc) is 2.92. The van der Waals surface area contributed by atoms with Crippen LogP contribution in [0.5, 0.6) is 0 Å². The van der Waals surface area contributed by atoms with E-state index in [0.29, 0.717) is 0 Å². The highest BCUT2D eigenvalue weighted by Gasteiger charge is 2.04. The van der Waals surface area contributed by atoms with Crippen LogP contribution in [-0.4, -0.2) is 4.98 Å². The van der Waals surface area contributed by atoms with E-state index >= 15 is 0 Å². The quantitative estimate of drug-likeness (QED) is 0.755. The normalized spacial score (nSPS) is 10.7. The van der Waals surface area contributed by atoms with Gasteiger partial charge in [0.1, 0.15) is 0 Å². The smallest absolute Gasteiger partial charge is 0.0952 e. The Labute approximate surface area is 105 Å². The lowest BCUT2D eigenvalue weighted by atomic mass is 10.1. The zero-order chi connectivity index (χ0) is 12.4. The molecule has 0 aliphatic rings. The summed E-state index contributed by atoms with van der Waals surface area (Å²) in [6.07, 6.45) is 5.27. The van der Waals surface area contributed by atoms with Gasteiger partial charge in [-0.1, -0.05) is 6.07 Å². The Kier molecular flexibility index (Phi) is 2.73. The number of rotatable bonds is 3. The molecule has 2 aromatic heterocycles. The van der Waals surface area contributed by atoms with Gasteiger partial charge in [-0.2, -0.15) is 0 Å². The molecule has 3 nitrogen and oxygen atoms in total. The number of aromatic nitrogens is 1. The molecule has 0 unspecified atom stereocenters. The number of pyridine rings is 1. The maximum absolute atomic E-state index is 5.06. The van der Waals surface area contributed by atoms with E-state index < -0.39 is 0 Å². The predicted octanol–water partition coefficient (Wildman–Crippen LogP) is 3.75. The molecule has 2 heterocycles. The first-order chi connectivity index (χ1) is 8.84. The Balaban J connectivity index is 1.94. The van der Waals surface area contributed by atoms with Crippen LogP contribution in [0.25, 0.3) is 10.9 Å². The van der Waals surface area contributed by atoms with E-state index in [-0.39, 0.29) is 0 Å². The first kappa shape index (κ1) is 10.8. The van der Waals surface area contributed by atoms with Crippen LogP contribution in [0.4, 0.5) is 5.69 Å². The molecule has 1 aromatic carbocycles. The summed E-state index contributed by atoms with van der Waals surface area (Å²) in [5.41, 5.74) is 4.48. The predicted molar refractivity (Wildman–Crippen MR) is 72.5 cm³/mol. The number of benzene rings is 1. The summed E-state index contributed by atoms with van der Waals surface area (Å²) < 4.78 is 5.06. The summed E-state index contributed by atoms with van der Waals surface area (Å²) in [6, 6.07) is 10.2. The largest absolute Gasteiger partial charge is 0.472 e. The summed E-state index contributed by atoms with van der Waals surface area (Å²) in [5.74, 6) is 0. The van der Waals surface area contributed by atoms with Crippen LogP contribution >= 0.6 is 0 Å². The highest BCUT2D eigenvalue weighted by molar-refractivity contribution is 5.93. The summed E-state index contributed by atoms with van der Waals surface area (Å²) >= 11 is 0. The van der Waals surface area contributed by atoms with Crippen molar-refractivity contribution in [1.29, 1.82) is 0 Å². The molecule has 0 atom stereocenters. The third kappa shape index (κ3) is 1.95. The fourth-order valence-corrected chi connectivity index (χ4v) is 2.06. The number of fused-ring (bicyclic) bond motifs is 1. The molecule has 0 saturated carbocycles. The van der Waals surface area contributed by atoms with Crippen molar-refractivity contribution >= 4 is 16.6 Å². The van der Waals surface area contributed by atoms with Gasteiger partial charge >= 0.3 is 0 Å². The van der Waals surface area contributed by atoms with Crippen LogP contribution in [0, 0.1) is 6.92 Å². The minimum atomic E-state index is 0.754. The van der Waals surface area contributed by atoms with Gasteiger partial charge in [-0.3, -0.25) is 4.98 Å². The topological polar surface area (TPSA) is 38.1 Å². The third-order valence-electron chi connectivity index (χ3n) is 3.03. The van der Waals surface area contributed by atoms with Gasteiger partial charge in [0.05, 0.1) is 18.0 Å². The monoisotopic (exact) mass is 238 g/mol. The molecule has 3 heteroatoms. The molecule has 0 saturated heterocycles. The first-order valence-electron chi connectivity index (χ1n) is 5.94. The van der Waals surface area contributed by atoms with E-state index in [1.54, 1.807) is 12.5 Å². The molecule has 3 rings (SSSR count). The maximum atomic E-state index is 5.06. The minimum absolute atomic E-state index is 0.754. The first-order valence-corrected chi connectivity index (χ1v) is 5.94. The number of nitrogens with zero attached hydrogens (tertiary/aromatic N) is 1. The summed E-state index contributed by atoms with van der Waals surface area (Å²) in [4.78, 5) is 4.43. The highest BCUT2D eigenvalue weighted by atomic mass is 16.3. The van der Waals surface area contributed by atoms with Crippen molar-refractivity contribution in [3.8, 4) is 0 Å². The lowest BCUT2D eigenvalue weighted by Gasteiger charge is -2.10. The van der Waals surface area contributed by atoms with Crippen LogP contribution < -0.4 is 5.32 Å². The van der Waals surface area contributed by atoms with Crippen molar-refractivity contribution in [1.82, 2.24) is 4.98 Å². The molecule has 18 heavy (non-hydrogen) atoms. The number of furan rings is 1. The molecule has 0 radical (unpaired) electrons.